The Bertz CT molecular complexity index is 1580. The molecule has 2 aromatic heterocycles. The number of hydrogen-bond acceptors (Lipinski definition) is 4. The molecule has 1 N–H and O–H groups in total. The largest absolute Gasteiger partial charge is 0.333 e. The maximum absolute atomic E-state index is 13.6. The van der Waals surface area contributed by atoms with Gasteiger partial charge in [-0.05, 0) is 65.2 Å². The van der Waals surface area contributed by atoms with Crippen LogP contribution in [-0.2, 0) is 19.5 Å². The van der Waals surface area contributed by atoms with E-state index in [9.17, 15) is 14.4 Å². The number of aromatic nitrogens is 2. The van der Waals surface area contributed by atoms with Gasteiger partial charge in [-0.1, -0.05) is 39.7 Å². The van der Waals surface area contributed by atoms with E-state index < -0.39 is 0 Å². The summed E-state index contributed by atoms with van der Waals surface area (Å²) in [6.45, 7) is 2.38. The Morgan fingerprint density at radius 3 is 2.92 bits per heavy atom. The van der Waals surface area contributed by atoms with Crippen LogP contribution in [0.2, 0.25) is 5.15 Å². The van der Waals surface area contributed by atoms with Gasteiger partial charge < -0.3 is 5.32 Å². The van der Waals surface area contributed by atoms with Gasteiger partial charge in [0.2, 0.25) is 0 Å². The molecule has 0 saturated carbocycles. The Morgan fingerprint density at radius 2 is 2.11 bits per heavy atom. The van der Waals surface area contributed by atoms with Crippen molar-refractivity contribution >= 4 is 50.5 Å². The molecule has 0 atom stereocenters. The Balaban J connectivity index is 1.40. The van der Waals surface area contributed by atoms with Gasteiger partial charge in [0.1, 0.15) is 11.0 Å². The van der Waals surface area contributed by atoms with E-state index in [2.05, 4.69) is 37.2 Å². The number of nitrogens with one attached hydrogen (secondary N) is 1. The molecule has 37 heavy (non-hydrogen) atoms. The van der Waals surface area contributed by atoms with Crippen molar-refractivity contribution in [1.82, 2.24) is 19.8 Å². The smallest absolute Gasteiger partial charge is 0.326 e. The van der Waals surface area contributed by atoms with Crippen molar-refractivity contribution in [2.75, 3.05) is 13.1 Å². The predicted molar refractivity (Wildman–Crippen MR) is 146 cm³/mol. The minimum atomic E-state index is -0.281. The lowest BCUT2D eigenvalue weighted by atomic mass is 10.0. The highest BCUT2D eigenvalue weighted by Crippen LogP contribution is 2.32. The topological polar surface area (TPSA) is 74.0 Å². The van der Waals surface area contributed by atoms with Gasteiger partial charge in [0, 0.05) is 54.3 Å². The van der Waals surface area contributed by atoms with Crippen molar-refractivity contribution in [3.8, 4) is 6.07 Å². The number of nitriles is 1. The third-order valence-corrected chi connectivity index (χ3v) is 7.34. The first kappa shape index (κ1) is 25.2. The molecule has 6 nitrogen and oxygen atoms in total. The maximum atomic E-state index is 13.6. The number of carbonyl (C=O) groups excluding carboxylic acids is 1. The summed E-state index contributed by atoms with van der Waals surface area (Å²) in [6, 6.07) is 15.5. The van der Waals surface area contributed by atoms with Crippen molar-refractivity contribution in [2.24, 2.45) is 0 Å². The highest BCUT2D eigenvalue weighted by Gasteiger charge is 2.26. The van der Waals surface area contributed by atoms with Crippen LogP contribution >= 0.6 is 27.5 Å². The van der Waals surface area contributed by atoms with Crippen LogP contribution in [0, 0.1) is 17.1 Å². The van der Waals surface area contributed by atoms with Crippen molar-refractivity contribution in [2.45, 2.75) is 19.5 Å². The number of hydrogen-bond donors (Lipinski definition) is 1. The summed E-state index contributed by atoms with van der Waals surface area (Å²) in [7, 11) is 0. The Kier molecular flexibility index (Phi) is 7.38. The summed E-state index contributed by atoms with van der Waals surface area (Å²) in [5.41, 5.74) is 4.94. The normalized spacial score (nSPS) is 13.6. The Labute approximate surface area is 227 Å². The van der Waals surface area contributed by atoms with E-state index in [0.717, 1.165) is 44.3 Å². The quantitative estimate of drug-likeness (QED) is 0.282. The molecule has 1 amide bonds. The third kappa shape index (κ3) is 5.44. The first-order valence-corrected chi connectivity index (χ1v) is 12.9. The molecule has 9 heteroatoms. The number of pyridine rings is 1. The van der Waals surface area contributed by atoms with E-state index in [-0.39, 0.29) is 11.8 Å². The number of rotatable bonds is 5. The van der Waals surface area contributed by atoms with Crippen molar-refractivity contribution in [3.05, 3.63) is 104 Å². The minimum Gasteiger partial charge on any atom is -0.333 e. The summed E-state index contributed by atoms with van der Waals surface area (Å²) in [4.78, 5) is 19.6. The molecule has 2 aromatic carbocycles. The van der Waals surface area contributed by atoms with Gasteiger partial charge in [-0.2, -0.15) is 5.26 Å². The van der Waals surface area contributed by atoms with Gasteiger partial charge in [-0.15, -0.1) is 0 Å². The van der Waals surface area contributed by atoms with Crippen LogP contribution in [0.4, 0.5) is 9.18 Å². The highest BCUT2D eigenvalue weighted by molar-refractivity contribution is 9.10. The fourth-order valence-corrected chi connectivity index (χ4v) is 5.23. The second kappa shape index (κ2) is 10.9. The van der Waals surface area contributed by atoms with Crippen LogP contribution < -0.4 is 5.32 Å². The fraction of sp³-hybridized carbons (Fsp3) is 0.179. The molecule has 1 aliphatic heterocycles. The second-order valence-corrected chi connectivity index (χ2v) is 10.0. The van der Waals surface area contributed by atoms with Crippen LogP contribution in [-0.4, -0.2) is 33.6 Å². The molecule has 0 saturated heterocycles. The molecule has 0 fully saturated rings. The average molecular weight is 579 g/mol. The van der Waals surface area contributed by atoms with Gasteiger partial charge in [0.15, 0.2) is 0 Å². The van der Waals surface area contributed by atoms with E-state index in [1.54, 1.807) is 29.0 Å². The first-order chi connectivity index (χ1) is 17.9. The number of nitrogens with zero attached hydrogens (tertiary/aromatic N) is 4. The number of amides is 1. The van der Waals surface area contributed by atoms with Gasteiger partial charge >= 0.3 is 6.03 Å². The number of benzene rings is 2. The number of fused-ring (bicyclic) bond motifs is 3. The summed E-state index contributed by atoms with van der Waals surface area (Å²) >= 11 is 9.43. The van der Waals surface area contributed by atoms with E-state index in [1.165, 1.54) is 12.1 Å². The lowest BCUT2D eigenvalue weighted by Gasteiger charge is -2.27. The zero-order valence-electron chi connectivity index (χ0n) is 19.7. The second-order valence-electron chi connectivity index (χ2n) is 8.80. The molecular weight excluding hydrogens is 557 g/mol. The van der Waals surface area contributed by atoms with Crippen molar-refractivity contribution in [3.63, 3.8) is 0 Å². The predicted octanol–water partition coefficient (Wildman–Crippen LogP) is 6.29. The summed E-state index contributed by atoms with van der Waals surface area (Å²) in [5.74, 6) is -0.281. The van der Waals surface area contributed by atoms with Crippen LogP contribution in [0.25, 0.3) is 17.0 Å². The number of carbonyl (C=O) groups is 1. The fourth-order valence-electron chi connectivity index (χ4n) is 4.65. The van der Waals surface area contributed by atoms with Gasteiger partial charge in [-0.25, -0.2) is 14.2 Å². The number of halogens is 3. The molecule has 4 aromatic rings. The van der Waals surface area contributed by atoms with Crippen LogP contribution in [0.5, 0.6) is 0 Å². The zero-order chi connectivity index (χ0) is 25.9. The van der Waals surface area contributed by atoms with E-state index in [1.807, 2.05) is 30.4 Å². The maximum Gasteiger partial charge on any atom is 0.326 e. The van der Waals surface area contributed by atoms with Gasteiger partial charge in [0.25, 0.3) is 0 Å². The zero-order valence-corrected chi connectivity index (χ0v) is 22.1. The van der Waals surface area contributed by atoms with Crippen molar-refractivity contribution < 1.29 is 9.18 Å². The third-order valence-electron chi connectivity index (χ3n) is 6.41. The van der Waals surface area contributed by atoms with E-state index in [4.69, 9.17) is 11.6 Å². The van der Waals surface area contributed by atoms with Crippen LogP contribution in [0.15, 0.2) is 65.3 Å². The van der Waals surface area contributed by atoms with Crippen LogP contribution in [0.3, 0.4) is 0 Å². The van der Waals surface area contributed by atoms with Gasteiger partial charge in [-0.3, -0.25) is 9.47 Å². The van der Waals surface area contributed by atoms with Crippen LogP contribution in [0.1, 0.15) is 27.9 Å². The molecule has 0 bridgehead atoms. The Morgan fingerprint density at radius 1 is 1.24 bits per heavy atom. The summed E-state index contributed by atoms with van der Waals surface area (Å²) in [6.07, 6.45) is 6.20. The molecule has 0 unspecified atom stereocenters. The molecule has 3 heterocycles. The Hall–Kier alpha value is -3.51. The molecule has 186 valence electrons. The molecular formula is C28H22BrClFN5O. The standard InChI is InChI=1S/C28H22BrClFN5O/c29-24-5-4-21(31)14-20(24)2-1-10-35-11-8-26-23(17-35)22-12-18(15-32)3-6-25(22)36(26)28(37)34-16-19-7-9-33-27(30)13-19/h1-7,9,12-14H,8,10-11,16-17H2,(H,34,37)/b2-1+. The average Bonchev–Trinajstić information content (AvgIpc) is 3.22. The minimum absolute atomic E-state index is 0.229. The summed E-state index contributed by atoms with van der Waals surface area (Å²) in [5, 5.41) is 13.7. The van der Waals surface area contributed by atoms with E-state index in [0.29, 0.717) is 36.8 Å². The highest BCUT2D eigenvalue weighted by atomic mass is 79.9. The van der Waals surface area contributed by atoms with Gasteiger partial charge in [0.05, 0.1) is 17.1 Å². The molecule has 0 aliphatic carbocycles. The lowest BCUT2D eigenvalue weighted by Crippen LogP contribution is -2.34. The molecule has 1 aliphatic rings. The summed E-state index contributed by atoms with van der Waals surface area (Å²) < 4.78 is 16.2. The molecule has 5 rings (SSSR count). The molecule has 0 spiro atoms. The first-order valence-electron chi connectivity index (χ1n) is 11.7. The lowest BCUT2D eigenvalue weighted by molar-refractivity contribution is 0.240. The molecule has 0 radical (unpaired) electrons. The SMILES string of the molecule is N#Cc1ccc2c(c1)c1c(n2C(=O)NCc2ccnc(Cl)c2)CCN(C/C=C/c2cc(F)ccc2Br)C1. The van der Waals surface area contributed by atoms with E-state index >= 15 is 0 Å². The van der Waals surface area contributed by atoms with Crippen molar-refractivity contribution in [1.29, 1.82) is 5.26 Å². The monoisotopic (exact) mass is 577 g/mol.